The summed E-state index contributed by atoms with van der Waals surface area (Å²) in [6.45, 7) is 0. The first-order valence-corrected chi connectivity index (χ1v) is 5.63. The van der Waals surface area contributed by atoms with E-state index < -0.39 is 0 Å². The maximum Gasteiger partial charge on any atom is 0.0412 e. The van der Waals surface area contributed by atoms with Crippen LogP contribution in [-0.2, 0) is 0 Å². The van der Waals surface area contributed by atoms with E-state index in [1.54, 1.807) is 0 Å². The summed E-state index contributed by atoms with van der Waals surface area (Å²) in [4.78, 5) is 0. The lowest BCUT2D eigenvalue weighted by Crippen LogP contribution is -2.42. The van der Waals surface area contributed by atoms with Gasteiger partial charge in [-0.15, -0.1) is 0 Å². The van der Waals surface area contributed by atoms with E-state index >= 15 is 0 Å². The van der Waals surface area contributed by atoms with E-state index in [-0.39, 0.29) is 6.04 Å². The predicted octanol–water partition coefficient (Wildman–Crippen LogP) is 1.95. The summed E-state index contributed by atoms with van der Waals surface area (Å²) in [7, 11) is 0. The van der Waals surface area contributed by atoms with Crippen molar-refractivity contribution in [1.82, 2.24) is 0 Å². The first-order valence-electron chi connectivity index (χ1n) is 5.63. The summed E-state index contributed by atoms with van der Waals surface area (Å²) in [6.07, 6.45) is 4.82. The number of anilines is 2. The van der Waals surface area contributed by atoms with Gasteiger partial charge in [-0.3, -0.25) is 0 Å². The van der Waals surface area contributed by atoms with Gasteiger partial charge >= 0.3 is 0 Å². The van der Waals surface area contributed by atoms with Crippen molar-refractivity contribution in [3.05, 3.63) is 24.3 Å². The summed E-state index contributed by atoms with van der Waals surface area (Å²) in [6, 6.07) is 8.54. The van der Waals surface area contributed by atoms with Crippen LogP contribution < -0.4 is 16.8 Å². The zero-order valence-corrected chi connectivity index (χ0v) is 8.95. The van der Waals surface area contributed by atoms with Gasteiger partial charge < -0.3 is 16.8 Å². The third-order valence-electron chi connectivity index (χ3n) is 3.06. The van der Waals surface area contributed by atoms with Crippen LogP contribution in [0.1, 0.15) is 25.7 Å². The molecule has 82 valence electrons. The third-order valence-corrected chi connectivity index (χ3v) is 3.06. The SMILES string of the molecule is Nc1cccc(NC2CCCCC2N)c1. The van der Waals surface area contributed by atoms with Crippen LogP contribution >= 0.6 is 0 Å². The van der Waals surface area contributed by atoms with Gasteiger partial charge in [0.2, 0.25) is 0 Å². The van der Waals surface area contributed by atoms with E-state index in [9.17, 15) is 0 Å². The van der Waals surface area contributed by atoms with E-state index in [0.717, 1.165) is 24.2 Å². The van der Waals surface area contributed by atoms with E-state index in [1.807, 2.05) is 24.3 Å². The number of nitrogens with two attached hydrogens (primary N) is 2. The van der Waals surface area contributed by atoms with Gasteiger partial charge in [0.05, 0.1) is 0 Å². The highest BCUT2D eigenvalue weighted by Crippen LogP contribution is 2.21. The monoisotopic (exact) mass is 205 g/mol. The summed E-state index contributed by atoms with van der Waals surface area (Å²) in [5.41, 5.74) is 13.7. The fourth-order valence-electron chi connectivity index (χ4n) is 2.18. The van der Waals surface area contributed by atoms with Gasteiger partial charge in [0, 0.05) is 23.5 Å². The standard InChI is InChI=1S/C12H19N3/c13-9-4-3-5-10(8-9)15-12-7-2-1-6-11(12)14/h3-5,8,11-12,15H,1-2,6-7,13-14H2. The number of nitrogens with one attached hydrogen (secondary N) is 1. The molecule has 5 N–H and O–H groups in total. The van der Waals surface area contributed by atoms with Gasteiger partial charge in [-0.25, -0.2) is 0 Å². The number of hydrogen-bond donors (Lipinski definition) is 3. The topological polar surface area (TPSA) is 64.1 Å². The Kier molecular flexibility index (Phi) is 3.11. The van der Waals surface area contributed by atoms with Crippen LogP contribution in [0.5, 0.6) is 0 Å². The molecule has 0 aliphatic heterocycles. The Hall–Kier alpha value is -1.22. The van der Waals surface area contributed by atoms with E-state index in [1.165, 1.54) is 12.8 Å². The normalized spacial score (nSPS) is 26.2. The Bertz CT molecular complexity index is 324. The molecular formula is C12H19N3. The molecule has 0 spiro atoms. The third kappa shape index (κ3) is 2.63. The molecule has 15 heavy (non-hydrogen) atoms. The molecule has 0 radical (unpaired) electrons. The van der Waals surface area contributed by atoms with Crippen LogP contribution in [0.3, 0.4) is 0 Å². The smallest absolute Gasteiger partial charge is 0.0412 e. The van der Waals surface area contributed by atoms with Gasteiger partial charge in [-0.1, -0.05) is 18.9 Å². The molecule has 0 bridgehead atoms. The average Bonchev–Trinajstić information content (AvgIpc) is 2.22. The van der Waals surface area contributed by atoms with Crippen LogP contribution in [0, 0.1) is 0 Å². The largest absolute Gasteiger partial charge is 0.399 e. The van der Waals surface area contributed by atoms with Gasteiger partial charge in [0.15, 0.2) is 0 Å². The van der Waals surface area contributed by atoms with Crippen molar-refractivity contribution in [2.24, 2.45) is 5.73 Å². The number of hydrogen-bond acceptors (Lipinski definition) is 3. The molecule has 1 aliphatic rings. The predicted molar refractivity (Wildman–Crippen MR) is 64.7 cm³/mol. The highest BCUT2D eigenvalue weighted by Gasteiger charge is 2.21. The molecule has 3 nitrogen and oxygen atoms in total. The molecule has 1 aliphatic carbocycles. The van der Waals surface area contributed by atoms with Crippen molar-refractivity contribution in [2.75, 3.05) is 11.1 Å². The molecule has 1 saturated carbocycles. The fraction of sp³-hybridized carbons (Fsp3) is 0.500. The zero-order valence-electron chi connectivity index (χ0n) is 8.95. The van der Waals surface area contributed by atoms with E-state index in [2.05, 4.69) is 5.32 Å². The Morgan fingerprint density at radius 2 is 2.00 bits per heavy atom. The lowest BCUT2D eigenvalue weighted by molar-refractivity contribution is 0.404. The minimum absolute atomic E-state index is 0.278. The minimum atomic E-state index is 0.278. The highest BCUT2D eigenvalue weighted by molar-refractivity contribution is 5.54. The summed E-state index contributed by atoms with van der Waals surface area (Å²) in [5.74, 6) is 0. The second kappa shape index (κ2) is 4.53. The van der Waals surface area contributed by atoms with Crippen molar-refractivity contribution >= 4 is 11.4 Å². The van der Waals surface area contributed by atoms with Gasteiger partial charge in [0.25, 0.3) is 0 Å². The van der Waals surface area contributed by atoms with Crippen molar-refractivity contribution in [3.63, 3.8) is 0 Å². The van der Waals surface area contributed by atoms with Gasteiger partial charge in [-0.2, -0.15) is 0 Å². The van der Waals surface area contributed by atoms with Crippen molar-refractivity contribution < 1.29 is 0 Å². The molecule has 3 heteroatoms. The van der Waals surface area contributed by atoms with Crippen LogP contribution in [0.25, 0.3) is 0 Å². The van der Waals surface area contributed by atoms with E-state index in [0.29, 0.717) is 6.04 Å². The fourth-order valence-corrected chi connectivity index (χ4v) is 2.18. The molecule has 0 heterocycles. The Morgan fingerprint density at radius 1 is 1.20 bits per heavy atom. The molecule has 2 unspecified atom stereocenters. The summed E-state index contributed by atoms with van der Waals surface area (Å²) < 4.78 is 0. The highest BCUT2D eigenvalue weighted by atomic mass is 15.0. The van der Waals surface area contributed by atoms with Gasteiger partial charge in [0.1, 0.15) is 0 Å². The van der Waals surface area contributed by atoms with Crippen LogP contribution in [0.4, 0.5) is 11.4 Å². The maximum atomic E-state index is 6.07. The lowest BCUT2D eigenvalue weighted by atomic mass is 9.91. The maximum absolute atomic E-state index is 6.07. The molecule has 0 amide bonds. The van der Waals surface area contributed by atoms with Crippen molar-refractivity contribution in [1.29, 1.82) is 0 Å². The number of rotatable bonds is 2. The molecule has 1 aromatic carbocycles. The molecule has 1 fully saturated rings. The van der Waals surface area contributed by atoms with Crippen LogP contribution in [0.2, 0.25) is 0 Å². The van der Waals surface area contributed by atoms with Crippen molar-refractivity contribution in [3.8, 4) is 0 Å². The Balaban J connectivity index is 2.01. The van der Waals surface area contributed by atoms with Crippen LogP contribution in [0.15, 0.2) is 24.3 Å². The summed E-state index contributed by atoms with van der Waals surface area (Å²) in [5, 5.41) is 3.47. The van der Waals surface area contributed by atoms with Gasteiger partial charge in [-0.05, 0) is 31.0 Å². The van der Waals surface area contributed by atoms with Crippen molar-refractivity contribution in [2.45, 2.75) is 37.8 Å². The minimum Gasteiger partial charge on any atom is -0.399 e. The average molecular weight is 205 g/mol. The number of benzene rings is 1. The van der Waals surface area contributed by atoms with E-state index in [4.69, 9.17) is 11.5 Å². The molecule has 2 atom stereocenters. The second-order valence-electron chi connectivity index (χ2n) is 4.32. The zero-order chi connectivity index (χ0) is 10.7. The molecule has 0 saturated heterocycles. The molecular weight excluding hydrogens is 186 g/mol. The second-order valence-corrected chi connectivity index (χ2v) is 4.32. The first-order chi connectivity index (χ1) is 7.25. The van der Waals surface area contributed by atoms with Crippen LogP contribution in [-0.4, -0.2) is 12.1 Å². The summed E-state index contributed by atoms with van der Waals surface area (Å²) >= 11 is 0. The number of nitrogen functional groups attached to an aromatic ring is 1. The Morgan fingerprint density at radius 3 is 2.73 bits per heavy atom. The molecule has 0 aromatic heterocycles. The molecule has 2 rings (SSSR count). The lowest BCUT2D eigenvalue weighted by Gasteiger charge is -2.30. The molecule has 1 aromatic rings. The first kappa shape index (κ1) is 10.3. The Labute approximate surface area is 90.8 Å². The quantitative estimate of drug-likeness (QED) is 0.647.